The van der Waals surface area contributed by atoms with Crippen molar-refractivity contribution in [2.24, 2.45) is 0 Å². The zero-order valence-corrected chi connectivity index (χ0v) is 9.25. The summed E-state index contributed by atoms with van der Waals surface area (Å²) in [5.74, 6) is 0. The van der Waals surface area contributed by atoms with E-state index in [1.807, 2.05) is 0 Å². The summed E-state index contributed by atoms with van der Waals surface area (Å²) in [5, 5.41) is 0. The molecule has 0 aromatic rings. The van der Waals surface area contributed by atoms with Crippen LogP contribution in [0.25, 0.3) is 0 Å². The van der Waals surface area contributed by atoms with Crippen LogP contribution in [0.4, 0.5) is 0 Å². The van der Waals surface area contributed by atoms with Crippen LogP contribution >= 0.6 is 0 Å². The Morgan fingerprint density at radius 1 is 1.43 bits per heavy atom. The molecule has 3 heteroatoms. The van der Waals surface area contributed by atoms with Crippen molar-refractivity contribution in [2.45, 2.75) is 19.4 Å². The lowest BCUT2D eigenvalue weighted by Gasteiger charge is -2.55. The summed E-state index contributed by atoms with van der Waals surface area (Å²) in [5.41, 5.74) is 1.28. The average Bonchev–Trinajstić information content (AvgIpc) is 2.14. The van der Waals surface area contributed by atoms with Gasteiger partial charge in [0.25, 0.3) is 0 Å². The van der Waals surface area contributed by atoms with Gasteiger partial charge in [0, 0.05) is 31.9 Å². The fraction of sp³-hybridized carbons (Fsp3) is 0.818. The highest BCUT2D eigenvalue weighted by Crippen LogP contribution is 2.30. The number of likely N-dealkylation sites (N-methyl/N-ethyl adjacent to an activating group) is 1. The van der Waals surface area contributed by atoms with Crippen LogP contribution in [0.1, 0.15) is 13.8 Å². The maximum Gasteiger partial charge on any atom is 0.116 e. The Bertz CT molecular complexity index is 233. The molecule has 80 valence electrons. The van der Waals surface area contributed by atoms with E-state index in [2.05, 4.69) is 30.2 Å². The Hall–Kier alpha value is -0.540. The Morgan fingerprint density at radius 2 is 2.14 bits per heavy atom. The summed E-state index contributed by atoms with van der Waals surface area (Å²) in [7, 11) is 0. The standard InChI is InChI=1S/C11H20N2O/c1-4-12-5-6-14-11(7-12)8-13(9-11)10(2)3/h2,4-9H2,1,3H3. The smallest absolute Gasteiger partial charge is 0.116 e. The third-order valence-electron chi connectivity index (χ3n) is 3.27. The summed E-state index contributed by atoms with van der Waals surface area (Å²) in [4.78, 5) is 4.76. The first-order valence-corrected chi connectivity index (χ1v) is 5.42. The monoisotopic (exact) mass is 196 g/mol. The highest BCUT2D eigenvalue weighted by atomic mass is 16.5. The second-order valence-corrected chi connectivity index (χ2v) is 4.49. The normalized spacial score (nSPS) is 26.3. The van der Waals surface area contributed by atoms with Gasteiger partial charge in [0.2, 0.25) is 0 Å². The minimum Gasteiger partial charge on any atom is -0.369 e. The predicted molar refractivity (Wildman–Crippen MR) is 57.2 cm³/mol. The molecule has 2 aliphatic heterocycles. The van der Waals surface area contributed by atoms with Crippen molar-refractivity contribution >= 4 is 0 Å². The Kier molecular flexibility index (Phi) is 2.54. The maximum absolute atomic E-state index is 5.89. The zero-order chi connectivity index (χ0) is 10.2. The van der Waals surface area contributed by atoms with Gasteiger partial charge in [0.1, 0.15) is 5.60 Å². The van der Waals surface area contributed by atoms with Crippen molar-refractivity contribution in [1.82, 2.24) is 9.80 Å². The van der Waals surface area contributed by atoms with Crippen LogP contribution in [0.3, 0.4) is 0 Å². The van der Waals surface area contributed by atoms with Gasteiger partial charge in [-0.1, -0.05) is 13.5 Å². The third-order valence-corrected chi connectivity index (χ3v) is 3.27. The molecule has 0 atom stereocenters. The molecule has 14 heavy (non-hydrogen) atoms. The molecule has 0 unspecified atom stereocenters. The van der Waals surface area contributed by atoms with Crippen LogP contribution in [0.15, 0.2) is 12.3 Å². The molecule has 0 aromatic heterocycles. The number of hydrogen-bond donors (Lipinski definition) is 0. The molecule has 1 spiro atoms. The van der Waals surface area contributed by atoms with Crippen LogP contribution in [-0.4, -0.2) is 54.7 Å². The van der Waals surface area contributed by atoms with E-state index in [9.17, 15) is 0 Å². The fourth-order valence-electron chi connectivity index (χ4n) is 2.30. The number of nitrogens with zero attached hydrogens (tertiary/aromatic N) is 2. The fourth-order valence-corrected chi connectivity index (χ4v) is 2.30. The van der Waals surface area contributed by atoms with Gasteiger partial charge in [-0.15, -0.1) is 0 Å². The van der Waals surface area contributed by atoms with Crippen molar-refractivity contribution in [2.75, 3.05) is 39.3 Å². The second kappa shape index (κ2) is 3.55. The summed E-state index contributed by atoms with van der Waals surface area (Å²) in [6.45, 7) is 14.5. The minimum atomic E-state index is 0.118. The molecule has 0 saturated carbocycles. The van der Waals surface area contributed by atoms with Gasteiger partial charge in [-0.05, 0) is 13.5 Å². The van der Waals surface area contributed by atoms with Gasteiger partial charge in [-0.25, -0.2) is 0 Å². The molecule has 0 bridgehead atoms. The van der Waals surface area contributed by atoms with E-state index >= 15 is 0 Å². The van der Waals surface area contributed by atoms with E-state index in [0.29, 0.717) is 0 Å². The van der Waals surface area contributed by atoms with Crippen molar-refractivity contribution < 1.29 is 4.74 Å². The van der Waals surface area contributed by atoms with Crippen LogP contribution < -0.4 is 0 Å². The van der Waals surface area contributed by atoms with Crippen LogP contribution in [-0.2, 0) is 4.74 Å². The largest absolute Gasteiger partial charge is 0.369 e. The first-order valence-electron chi connectivity index (χ1n) is 5.42. The van der Waals surface area contributed by atoms with Gasteiger partial charge in [-0.2, -0.15) is 0 Å². The Labute approximate surface area is 86.3 Å². The van der Waals surface area contributed by atoms with Crippen LogP contribution in [0, 0.1) is 0 Å². The van der Waals surface area contributed by atoms with Crippen molar-refractivity contribution in [3.8, 4) is 0 Å². The van der Waals surface area contributed by atoms with Gasteiger partial charge in [-0.3, -0.25) is 4.90 Å². The number of likely N-dealkylation sites (tertiary alicyclic amines) is 1. The van der Waals surface area contributed by atoms with E-state index in [-0.39, 0.29) is 5.60 Å². The topological polar surface area (TPSA) is 15.7 Å². The van der Waals surface area contributed by atoms with E-state index in [0.717, 1.165) is 45.0 Å². The highest BCUT2D eigenvalue weighted by Gasteiger charge is 2.46. The van der Waals surface area contributed by atoms with Gasteiger partial charge >= 0.3 is 0 Å². The Balaban J connectivity index is 1.90. The van der Waals surface area contributed by atoms with Crippen molar-refractivity contribution in [1.29, 1.82) is 0 Å². The summed E-state index contributed by atoms with van der Waals surface area (Å²) >= 11 is 0. The Morgan fingerprint density at radius 3 is 2.71 bits per heavy atom. The number of morpholine rings is 1. The number of rotatable bonds is 2. The van der Waals surface area contributed by atoms with E-state index < -0.39 is 0 Å². The molecule has 2 heterocycles. The van der Waals surface area contributed by atoms with Crippen molar-refractivity contribution in [3.05, 3.63) is 12.3 Å². The second-order valence-electron chi connectivity index (χ2n) is 4.49. The van der Waals surface area contributed by atoms with Crippen LogP contribution in [0.2, 0.25) is 0 Å². The molecule has 2 aliphatic rings. The maximum atomic E-state index is 5.89. The van der Waals surface area contributed by atoms with E-state index in [4.69, 9.17) is 4.74 Å². The van der Waals surface area contributed by atoms with E-state index in [1.54, 1.807) is 0 Å². The lowest BCUT2D eigenvalue weighted by atomic mass is 9.91. The zero-order valence-electron chi connectivity index (χ0n) is 9.25. The molecule has 3 nitrogen and oxygen atoms in total. The molecule has 0 radical (unpaired) electrons. The first kappa shape index (κ1) is 9.99. The molecule has 0 N–H and O–H groups in total. The SMILES string of the molecule is C=C(C)N1CC2(CN(CC)CCO2)C1. The van der Waals surface area contributed by atoms with Crippen LogP contribution in [0.5, 0.6) is 0 Å². The number of hydrogen-bond acceptors (Lipinski definition) is 3. The minimum absolute atomic E-state index is 0.118. The van der Waals surface area contributed by atoms with Gasteiger partial charge in [0.05, 0.1) is 6.61 Å². The molecular weight excluding hydrogens is 176 g/mol. The highest BCUT2D eigenvalue weighted by molar-refractivity contribution is 5.08. The summed E-state index contributed by atoms with van der Waals surface area (Å²) in [6.07, 6.45) is 0. The number of ether oxygens (including phenoxy) is 1. The lowest BCUT2D eigenvalue weighted by Crippen LogP contribution is -2.69. The predicted octanol–water partition coefficient (Wildman–Crippen LogP) is 0.926. The van der Waals surface area contributed by atoms with Crippen molar-refractivity contribution in [3.63, 3.8) is 0 Å². The number of allylic oxidation sites excluding steroid dienone is 1. The van der Waals surface area contributed by atoms with Gasteiger partial charge in [0.15, 0.2) is 0 Å². The molecule has 0 aliphatic carbocycles. The molecular formula is C11H20N2O. The van der Waals surface area contributed by atoms with E-state index in [1.165, 1.54) is 0 Å². The molecule has 2 rings (SSSR count). The molecule has 0 amide bonds. The average molecular weight is 196 g/mol. The lowest BCUT2D eigenvalue weighted by molar-refractivity contribution is -0.174. The quantitative estimate of drug-likeness (QED) is 0.653. The third kappa shape index (κ3) is 1.66. The molecule has 2 fully saturated rings. The van der Waals surface area contributed by atoms with Gasteiger partial charge < -0.3 is 9.64 Å². The summed E-state index contributed by atoms with van der Waals surface area (Å²) in [6, 6.07) is 0. The molecule has 2 saturated heterocycles. The summed E-state index contributed by atoms with van der Waals surface area (Å²) < 4.78 is 5.89. The molecule has 0 aromatic carbocycles. The first-order chi connectivity index (χ1) is 6.65.